The average molecular weight is 365 g/mol. The molecule has 6 heteroatoms. The Morgan fingerprint density at radius 1 is 0.815 bits per heavy atom. The van der Waals surface area contributed by atoms with Gasteiger partial charge in [-0.3, -0.25) is 14.4 Å². The Morgan fingerprint density at radius 2 is 1.44 bits per heavy atom. The molecule has 3 rings (SSSR count). The Kier molecular flexibility index (Phi) is 5.86. The molecule has 0 spiro atoms. The van der Waals surface area contributed by atoms with Crippen LogP contribution in [-0.4, -0.2) is 30.7 Å². The highest BCUT2D eigenvalue weighted by molar-refractivity contribution is 6.43. The molecule has 1 saturated heterocycles. The molecule has 1 aliphatic rings. The zero-order valence-electron chi connectivity index (χ0n) is 15.3. The van der Waals surface area contributed by atoms with Gasteiger partial charge in [-0.1, -0.05) is 12.1 Å². The maximum absolute atomic E-state index is 12.1. The van der Waals surface area contributed by atoms with Crippen LogP contribution in [0.5, 0.6) is 0 Å². The fraction of sp³-hybridized carbons (Fsp3) is 0.286. The van der Waals surface area contributed by atoms with Crippen molar-refractivity contribution in [1.82, 2.24) is 0 Å². The number of nitrogens with zero attached hydrogens (tertiary/aromatic N) is 1. The second-order valence-electron chi connectivity index (χ2n) is 6.64. The minimum Gasteiger partial charge on any atom is -0.372 e. The van der Waals surface area contributed by atoms with E-state index in [1.807, 2.05) is 12.1 Å². The summed E-state index contributed by atoms with van der Waals surface area (Å²) in [4.78, 5) is 37.9. The molecule has 0 aliphatic carbocycles. The van der Waals surface area contributed by atoms with Crippen molar-refractivity contribution in [2.24, 2.45) is 0 Å². The maximum Gasteiger partial charge on any atom is 0.314 e. The lowest BCUT2D eigenvalue weighted by Crippen LogP contribution is -2.30. The second kappa shape index (κ2) is 8.49. The summed E-state index contributed by atoms with van der Waals surface area (Å²) >= 11 is 0. The summed E-state index contributed by atoms with van der Waals surface area (Å²) in [5, 5.41) is 5.10. The van der Waals surface area contributed by atoms with E-state index in [-0.39, 0.29) is 5.78 Å². The van der Waals surface area contributed by atoms with Gasteiger partial charge in [-0.2, -0.15) is 0 Å². The highest BCUT2D eigenvalue weighted by atomic mass is 16.2. The van der Waals surface area contributed by atoms with E-state index in [1.54, 1.807) is 36.4 Å². The van der Waals surface area contributed by atoms with Crippen molar-refractivity contribution < 1.29 is 14.4 Å². The zero-order valence-corrected chi connectivity index (χ0v) is 15.3. The minimum atomic E-state index is -0.782. The van der Waals surface area contributed by atoms with Gasteiger partial charge in [-0.25, -0.2) is 0 Å². The molecule has 0 atom stereocenters. The predicted octanol–water partition coefficient (Wildman–Crippen LogP) is 3.46. The normalized spacial score (nSPS) is 13.7. The van der Waals surface area contributed by atoms with E-state index in [0.717, 1.165) is 18.8 Å². The van der Waals surface area contributed by atoms with Crippen LogP contribution in [0, 0.1) is 0 Å². The van der Waals surface area contributed by atoms with Crippen molar-refractivity contribution in [3.63, 3.8) is 0 Å². The number of ketones is 1. The monoisotopic (exact) mass is 365 g/mol. The Balaban J connectivity index is 1.58. The first-order valence-electron chi connectivity index (χ1n) is 9.11. The number of amides is 2. The van der Waals surface area contributed by atoms with Gasteiger partial charge in [0.25, 0.3) is 0 Å². The Morgan fingerprint density at radius 3 is 2.07 bits per heavy atom. The van der Waals surface area contributed by atoms with Crippen LogP contribution >= 0.6 is 0 Å². The lowest BCUT2D eigenvalue weighted by molar-refractivity contribution is -0.132. The van der Waals surface area contributed by atoms with Gasteiger partial charge >= 0.3 is 11.8 Å². The summed E-state index contributed by atoms with van der Waals surface area (Å²) in [5.74, 6) is -1.64. The molecule has 0 unspecified atom stereocenters. The third kappa shape index (κ3) is 4.94. The maximum atomic E-state index is 12.1. The predicted molar refractivity (Wildman–Crippen MR) is 106 cm³/mol. The quantitative estimate of drug-likeness (QED) is 0.642. The highest BCUT2D eigenvalue weighted by Gasteiger charge is 2.15. The molecule has 6 nitrogen and oxygen atoms in total. The van der Waals surface area contributed by atoms with Crippen molar-refractivity contribution in [2.45, 2.75) is 26.2 Å². The number of Topliss-reactive ketones (excluding diaryl/α,β-unsaturated/α-hetero) is 1. The number of anilines is 3. The number of nitrogens with one attached hydrogen (secondary N) is 2. The van der Waals surface area contributed by atoms with Crippen LogP contribution in [0.2, 0.25) is 0 Å². The van der Waals surface area contributed by atoms with Gasteiger partial charge in [0.2, 0.25) is 0 Å². The molecule has 1 aliphatic heterocycles. The lowest BCUT2D eigenvalue weighted by atomic mass is 10.1. The smallest absolute Gasteiger partial charge is 0.314 e. The number of piperidine rings is 1. The van der Waals surface area contributed by atoms with Crippen LogP contribution in [0.4, 0.5) is 17.1 Å². The SMILES string of the molecule is CC(=O)c1cccc(NC(=O)C(=O)Nc2ccc(N3CCCCC3)cc2)c1. The first-order valence-corrected chi connectivity index (χ1v) is 9.11. The molecule has 27 heavy (non-hydrogen) atoms. The van der Waals surface area contributed by atoms with E-state index in [9.17, 15) is 14.4 Å². The number of hydrogen-bond donors (Lipinski definition) is 2. The van der Waals surface area contributed by atoms with Crippen LogP contribution in [0.1, 0.15) is 36.5 Å². The fourth-order valence-electron chi connectivity index (χ4n) is 3.10. The van der Waals surface area contributed by atoms with E-state index in [2.05, 4.69) is 15.5 Å². The number of carbonyl (C=O) groups is 3. The third-order valence-electron chi connectivity index (χ3n) is 4.58. The van der Waals surface area contributed by atoms with E-state index in [4.69, 9.17) is 0 Å². The van der Waals surface area contributed by atoms with Crippen molar-refractivity contribution in [3.05, 3.63) is 54.1 Å². The van der Waals surface area contributed by atoms with Crippen LogP contribution in [-0.2, 0) is 9.59 Å². The van der Waals surface area contributed by atoms with Gasteiger partial charge < -0.3 is 15.5 Å². The Bertz CT molecular complexity index is 840. The summed E-state index contributed by atoms with van der Waals surface area (Å²) in [6.45, 7) is 3.54. The number of hydrogen-bond acceptors (Lipinski definition) is 4. The Hall–Kier alpha value is -3.15. The van der Waals surface area contributed by atoms with Gasteiger partial charge in [-0.15, -0.1) is 0 Å². The van der Waals surface area contributed by atoms with Crippen molar-refractivity contribution in [2.75, 3.05) is 28.6 Å². The largest absolute Gasteiger partial charge is 0.372 e. The molecule has 0 radical (unpaired) electrons. The molecule has 0 bridgehead atoms. The number of carbonyl (C=O) groups excluding carboxylic acids is 3. The van der Waals surface area contributed by atoms with E-state index < -0.39 is 11.8 Å². The summed E-state index contributed by atoms with van der Waals surface area (Å²) in [7, 11) is 0. The molecule has 2 aromatic carbocycles. The summed E-state index contributed by atoms with van der Waals surface area (Å²) in [5.41, 5.74) is 2.57. The van der Waals surface area contributed by atoms with Gasteiger partial charge in [-0.05, 0) is 62.6 Å². The standard InChI is InChI=1S/C21H23N3O3/c1-15(25)16-6-5-7-18(14-16)23-21(27)20(26)22-17-8-10-19(11-9-17)24-12-3-2-4-13-24/h5-11,14H,2-4,12-13H2,1H3,(H,22,26)(H,23,27). The highest BCUT2D eigenvalue weighted by Crippen LogP contribution is 2.21. The first kappa shape index (κ1) is 18.6. The van der Waals surface area contributed by atoms with Crippen molar-refractivity contribution in [1.29, 1.82) is 0 Å². The molecule has 1 heterocycles. The molecule has 2 amide bonds. The van der Waals surface area contributed by atoms with Crippen LogP contribution in [0.3, 0.4) is 0 Å². The van der Waals surface area contributed by atoms with Crippen molar-refractivity contribution >= 4 is 34.7 Å². The van der Waals surface area contributed by atoms with E-state index >= 15 is 0 Å². The van der Waals surface area contributed by atoms with Gasteiger partial charge in [0, 0.05) is 35.7 Å². The summed E-state index contributed by atoms with van der Waals surface area (Å²) < 4.78 is 0. The van der Waals surface area contributed by atoms with E-state index in [1.165, 1.54) is 26.2 Å². The molecule has 1 fully saturated rings. The van der Waals surface area contributed by atoms with Crippen LogP contribution < -0.4 is 15.5 Å². The summed E-state index contributed by atoms with van der Waals surface area (Å²) in [6.07, 6.45) is 3.67. The first-order chi connectivity index (χ1) is 13.0. The zero-order chi connectivity index (χ0) is 19.2. The third-order valence-corrected chi connectivity index (χ3v) is 4.58. The second-order valence-corrected chi connectivity index (χ2v) is 6.64. The fourth-order valence-corrected chi connectivity index (χ4v) is 3.10. The number of benzene rings is 2. The molecule has 2 N–H and O–H groups in total. The Labute approximate surface area is 158 Å². The van der Waals surface area contributed by atoms with Crippen molar-refractivity contribution in [3.8, 4) is 0 Å². The topological polar surface area (TPSA) is 78.5 Å². The molecular formula is C21H23N3O3. The molecule has 140 valence electrons. The number of rotatable bonds is 4. The minimum absolute atomic E-state index is 0.107. The van der Waals surface area contributed by atoms with Crippen LogP contribution in [0.15, 0.2) is 48.5 Å². The van der Waals surface area contributed by atoms with E-state index in [0.29, 0.717) is 16.9 Å². The molecule has 0 saturated carbocycles. The van der Waals surface area contributed by atoms with Crippen LogP contribution in [0.25, 0.3) is 0 Å². The lowest BCUT2D eigenvalue weighted by Gasteiger charge is -2.28. The molecule has 0 aromatic heterocycles. The molecular weight excluding hydrogens is 342 g/mol. The van der Waals surface area contributed by atoms with Gasteiger partial charge in [0.15, 0.2) is 5.78 Å². The summed E-state index contributed by atoms with van der Waals surface area (Å²) in [6, 6.07) is 14.0. The van der Waals surface area contributed by atoms with Gasteiger partial charge in [0.05, 0.1) is 0 Å². The average Bonchev–Trinajstić information content (AvgIpc) is 2.69. The van der Waals surface area contributed by atoms with Gasteiger partial charge in [0.1, 0.15) is 0 Å². The molecule has 2 aromatic rings.